The van der Waals surface area contributed by atoms with Gasteiger partial charge in [0.05, 0.1) is 5.56 Å². The Morgan fingerprint density at radius 2 is 1.80 bits per heavy atom. The third-order valence-electron chi connectivity index (χ3n) is 9.56. The maximum atomic E-state index is 13.1. The third kappa shape index (κ3) is 4.81. The normalized spacial score (nSPS) is 20.1. The third-order valence-corrected chi connectivity index (χ3v) is 15.9. The van der Waals surface area contributed by atoms with Gasteiger partial charge in [-0.05, 0) is 93.8 Å². The highest BCUT2D eigenvalue weighted by atomic mass is 32.2. The quantitative estimate of drug-likeness (QED) is 0.342. The lowest BCUT2D eigenvalue weighted by atomic mass is 9.88. The predicted octanol–water partition coefficient (Wildman–Crippen LogP) is 2.75. The molecule has 7 heteroatoms. The molecule has 0 fully saturated rings. The van der Waals surface area contributed by atoms with Crippen LogP contribution in [0.4, 0.5) is 5.69 Å². The summed E-state index contributed by atoms with van der Waals surface area (Å²) in [7, 11) is 1.15. The van der Waals surface area contributed by atoms with Gasteiger partial charge in [0.1, 0.15) is 21.7 Å². The number of hydrogen-bond donors (Lipinski definition) is 1. The fourth-order valence-corrected chi connectivity index (χ4v) is 13.9. The SMILES string of the molecule is CCCS(=O)CC[Si]1(C)c2cc3c(cc2C(c2ccccc2C(=O)O)=c2cc4c(cc21)=[N+](C)CCC4)CCCN3C. The van der Waals surface area contributed by atoms with E-state index in [2.05, 4.69) is 61.3 Å². The number of nitrogens with zero attached hydrogens (tertiary/aromatic N) is 2. The van der Waals surface area contributed by atoms with Crippen LogP contribution in [0.3, 0.4) is 0 Å². The number of anilines is 1. The standard InChI is InChI=1S/C34H40N2O3SSi/c1-5-16-40(39)17-18-41(4)31-21-29-23(10-8-14-35(29)2)19-27(31)33(25-12-6-7-13-26(25)34(37)38)28-20-24-11-9-15-36(3)30(24)22-32(28)41/h6-7,12-13,19-22H,5,8-11,14-18H2,1-4H3/p+1. The highest BCUT2D eigenvalue weighted by Gasteiger charge is 2.41. The molecule has 0 saturated heterocycles. The first-order chi connectivity index (χ1) is 19.7. The molecule has 3 aromatic carbocycles. The fourth-order valence-electron chi connectivity index (χ4n) is 7.34. The molecule has 0 radical (unpaired) electrons. The minimum atomic E-state index is -2.38. The van der Waals surface area contributed by atoms with Crippen molar-refractivity contribution >= 4 is 46.5 Å². The Labute approximate surface area is 246 Å². The largest absolute Gasteiger partial charge is 0.478 e. The van der Waals surface area contributed by atoms with Gasteiger partial charge in [-0.25, -0.2) is 9.37 Å². The molecule has 0 bridgehead atoms. The maximum Gasteiger partial charge on any atom is 0.336 e. The lowest BCUT2D eigenvalue weighted by Crippen LogP contribution is -2.66. The molecular weight excluding hydrogens is 545 g/mol. The van der Waals surface area contributed by atoms with Crippen molar-refractivity contribution < 1.29 is 14.1 Å². The lowest BCUT2D eigenvalue weighted by Gasteiger charge is -2.39. The molecule has 2 atom stereocenters. The van der Waals surface area contributed by atoms with Crippen molar-refractivity contribution in [3.63, 3.8) is 0 Å². The highest BCUT2D eigenvalue weighted by Crippen LogP contribution is 2.34. The Bertz CT molecular complexity index is 1720. The van der Waals surface area contributed by atoms with E-state index in [-0.39, 0.29) is 0 Å². The van der Waals surface area contributed by atoms with Crippen molar-refractivity contribution in [3.8, 4) is 0 Å². The van der Waals surface area contributed by atoms with E-state index in [0.29, 0.717) is 11.3 Å². The number of rotatable bonds is 7. The van der Waals surface area contributed by atoms with Gasteiger partial charge in [-0.2, -0.15) is 0 Å². The van der Waals surface area contributed by atoms with Crippen LogP contribution < -0.4 is 30.4 Å². The summed E-state index contributed by atoms with van der Waals surface area (Å²) in [5.74, 6) is 0.552. The second kappa shape index (κ2) is 11.0. The summed E-state index contributed by atoms with van der Waals surface area (Å²) in [4.78, 5) is 14.9. The molecule has 2 unspecified atom stereocenters. The minimum Gasteiger partial charge on any atom is -0.478 e. The van der Waals surface area contributed by atoms with Gasteiger partial charge in [-0.3, -0.25) is 4.21 Å². The Balaban J connectivity index is 1.75. The molecular formula is C34H41N2O3SSi+. The molecule has 41 heavy (non-hydrogen) atoms. The van der Waals surface area contributed by atoms with Crippen molar-refractivity contribution in [3.05, 3.63) is 86.9 Å². The van der Waals surface area contributed by atoms with Gasteiger partial charge in [-0.15, -0.1) is 0 Å². The van der Waals surface area contributed by atoms with Gasteiger partial charge >= 0.3 is 5.97 Å². The number of carbonyl (C=O) groups is 1. The zero-order chi connectivity index (χ0) is 28.9. The number of carboxylic acid groups (broad SMARTS) is 1. The molecule has 3 aliphatic heterocycles. The van der Waals surface area contributed by atoms with Gasteiger partial charge < -0.3 is 10.0 Å². The Hall–Kier alpha value is -3.03. The summed E-state index contributed by atoms with van der Waals surface area (Å²) in [5.41, 5.74) is 7.37. The number of hydrogen-bond acceptors (Lipinski definition) is 3. The van der Waals surface area contributed by atoms with Crippen molar-refractivity contribution in [2.45, 2.75) is 51.6 Å². The average molecular weight is 586 g/mol. The molecule has 214 valence electrons. The molecule has 3 heterocycles. The first-order valence-electron chi connectivity index (χ1n) is 15.1. The average Bonchev–Trinajstić information content (AvgIpc) is 2.96. The predicted molar refractivity (Wildman–Crippen MR) is 173 cm³/mol. The lowest BCUT2D eigenvalue weighted by molar-refractivity contribution is 0.0696. The Morgan fingerprint density at radius 3 is 2.59 bits per heavy atom. The maximum absolute atomic E-state index is 13.1. The van der Waals surface area contributed by atoms with Gasteiger partial charge in [0.2, 0.25) is 5.36 Å². The van der Waals surface area contributed by atoms with Gasteiger partial charge in [0.15, 0.2) is 0 Å². The molecule has 0 spiro atoms. The summed E-state index contributed by atoms with van der Waals surface area (Å²) in [6.07, 6.45) is 5.22. The van der Waals surface area contributed by atoms with Crippen LogP contribution in [0.15, 0.2) is 48.5 Å². The molecule has 0 saturated carbocycles. The zero-order valence-corrected chi connectivity index (χ0v) is 26.6. The van der Waals surface area contributed by atoms with Crippen molar-refractivity contribution in [2.24, 2.45) is 0 Å². The first-order valence-corrected chi connectivity index (χ1v) is 19.2. The first kappa shape index (κ1) is 28.1. The van der Waals surface area contributed by atoms with Crippen LogP contribution in [0.25, 0.3) is 5.57 Å². The number of benzene rings is 3. The van der Waals surface area contributed by atoms with Crippen LogP contribution in [0.1, 0.15) is 58.8 Å². The Kier molecular flexibility index (Phi) is 7.53. The van der Waals surface area contributed by atoms with E-state index in [0.717, 1.165) is 68.1 Å². The number of carboxylic acids is 1. The van der Waals surface area contributed by atoms with Crippen LogP contribution in [0.5, 0.6) is 0 Å². The summed E-state index contributed by atoms with van der Waals surface area (Å²) in [5, 5.41) is 15.5. The Morgan fingerprint density at radius 1 is 1.02 bits per heavy atom. The van der Waals surface area contributed by atoms with E-state index >= 15 is 0 Å². The monoisotopic (exact) mass is 585 g/mol. The van der Waals surface area contributed by atoms with Crippen molar-refractivity contribution in [2.75, 3.05) is 43.6 Å². The van der Waals surface area contributed by atoms with E-state index in [1.54, 1.807) is 6.07 Å². The van der Waals surface area contributed by atoms with Gasteiger partial charge in [0.25, 0.3) is 0 Å². The topological polar surface area (TPSA) is 60.6 Å². The minimum absolute atomic E-state index is 0.346. The molecule has 0 aromatic heterocycles. The zero-order valence-electron chi connectivity index (χ0n) is 24.8. The number of aromatic carboxylic acids is 1. The van der Waals surface area contributed by atoms with Crippen LogP contribution >= 0.6 is 0 Å². The van der Waals surface area contributed by atoms with E-state index in [9.17, 15) is 14.1 Å². The van der Waals surface area contributed by atoms with Crippen LogP contribution in [0, 0.1) is 0 Å². The van der Waals surface area contributed by atoms with E-state index in [1.165, 1.54) is 43.3 Å². The molecule has 1 N–H and O–H groups in total. The van der Waals surface area contributed by atoms with Gasteiger partial charge in [-0.1, -0.05) is 31.7 Å². The van der Waals surface area contributed by atoms with Gasteiger partial charge in [0, 0.05) is 59.6 Å². The van der Waals surface area contributed by atoms with Crippen LogP contribution in [-0.4, -0.2) is 62.0 Å². The smallest absolute Gasteiger partial charge is 0.336 e. The number of aryl methyl sites for hydroxylation is 2. The molecule has 3 aromatic rings. The van der Waals surface area contributed by atoms with Crippen molar-refractivity contribution in [1.82, 2.24) is 4.58 Å². The summed E-state index contributed by atoms with van der Waals surface area (Å²) >= 11 is 0. The van der Waals surface area contributed by atoms with Crippen LogP contribution in [0.2, 0.25) is 12.6 Å². The van der Waals surface area contributed by atoms with Crippen molar-refractivity contribution in [1.29, 1.82) is 0 Å². The molecule has 0 amide bonds. The van der Waals surface area contributed by atoms with Crippen LogP contribution in [-0.2, 0) is 23.6 Å². The second-order valence-corrected chi connectivity index (χ2v) is 18.2. The second-order valence-electron chi connectivity index (χ2n) is 12.3. The molecule has 6 rings (SSSR count). The van der Waals surface area contributed by atoms with E-state index in [1.807, 2.05) is 18.2 Å². The fraction of sp³-hybridized carbons (Fsp3) is 0.412. The van der Waals surface area contributed by atoms with E-state index < -0.39 is 24.8 Å². The summed E-state index contributed by atoms with van der Waals surface area (Å²) in [6, 6.07) is 18.1. The molecule has 5 nitrogen and oxygen atoms in total. The number of fused-ring (bicyclic) bond motifs is 4. The summed E-state index contributed by atoms with van der Waals surface area (Å²) in [6.45, 7) is 6.65. The molecule has 0 aliphatic carbocycles. The summed E-state index contributed by atoms with van der Waals surface area (Å²) < 4.78 is 15.5. The van der Waals surface area contributed by atoms with E-state index in [4.69, 9.17) is 0 Å². The highest BCUT2D eigenvalue weighted by molar-refractivity contribution is 7.85. The molecule has 3 aliphatic rings.